The number of aromatic hydroxyl groups is 1. The van der Waals surface area contributed by atoms with Gasteiger partial charge in [-0.3, -0.25) is 4.98 Å². The van der Waals surface area contributed by atoms with Crippen LogP contribution in [0.1, 0.15) is 36.6 Å². The molecule has 5 nitrogen and oxygen atoms in total. The molecule has 4 N–H and O–H groups in total. The lowest BCUT2D eigenvalue weighted by molar-refractivity contribution is 0.228. The molecule has 0 aromatic carbocycles. The third-order valence-electron chi connectivity index (χ3n) is 3.26. The average Bonchev–Trinajstić information content (AvgIpc) is 2.42. The number of aliphatic hydroxyl groups is 2. The van der Waals surface area contributed by atoms with Crippen LogP contribution in [0.4, 0.5) is 0 Å². The highest BCUT2D eigenvalue weighted by Gasteiger charge is 2.10. The summed E-state index contributed by atoms with van der Waals surface area (Å²) in [6.07, 6.45) is 3.54. The molecule has 1 aromatic rings. The minimum atomic E-state index is -0.126. The second-order valence-electron chi connectivity index (χ2n) is 4.96. The molecule has 1 heterocycles. The van der Waals surface area contributed by atoms with Crippen LogP contribution in [0.3, 0.4) is 0 Å². The van der Waals surface area contributed by atoms with Crippen molar-refractivity contribution in [2.24, 2.45) is 5.92 Å². The van der Waals surface area contributed by atoms with Gasteiger partial charge in [0, 0.05) is 30.5 Å². The largest absolute Gasteiger partial charge is 0.506 e. The number of hydrogen-bond acceptors (Lipinski definition) is 5. The lowest BCUT2D eigenvalue weighted by atomic mass is 10.1. The van der Waals surface area contributed by atoms with E-state index in [4.69, 9.17) is 5.11 Å². The van der Waals surface area contributed by atoms with Gasteiger partial charge in [0.25, 0.3) is 0 Å². The molecule has 0 aliphatic heterocycles. The molecule has 0 spiro atoms. The van der Waals surface area contributed by atoms with Crippen molar-refractivity contribution in [2.75, 3.05) is 13.2 Å². The van der Waals surface area contributed by atoms with Crippen LogP contribution in [0.15, 0.2) is 6.20 Å². The molecular formula is C14H24N2O3. The molecule has 0 aliphatic rings. The summed E-state index contributed by atoms with van der Waals surface area (Å²) < 4.78 is 0. The van der Waals surface area contributed by atoms with E-state index in [0.717, 1.165) is 19.4 Å². The predicted molar refractivity (Wildman–Crippen MR) is 73.8 cm³/mol. The van der Waals surface area contributed by atoms with Crippen molar-refractivity contribution < 1.29 is 15.3 Å². The minimum absolute atomic E-state index is 0.126. The number of aliphatic hydroxyl groups excluding tert-OH is 2. The van der Waals surface area contributed by atoms with E-state index in [2.05, 4.69) is 10.3 Å². The van der Waals surface area contributed by atoms with E-state index in [-0.39, 0.29) is 19.0 Å². The number of nitrogens with one attached hydrogen (secondary N) is 1. The quantitative estimate of drug-likeness (QED) is 0.530. The predicted octanol–water partition coefficient (Wildman–Crippen LogP) is 1.09. The van der Waals surface area contributed by atoms with E-state index in [1.165, 1.54) is 0 Å². The van der Waals surface area contributed by atoms with Gasteiger partial charge in [0.15, 0.2) is 0 Å². The summed E-state index contributed by atoms with van der Waals surface area (Å²) in [5.74, 6) is 0.481. The molecule has 5 heteroatoms. The van der Waals surface area contributed by atoms with E-state index in [9.17, 15) is 10.2 Å². The Kier molecular flexibility index (Phi) is 6.77. The first-order valence-corrected chi connectivity index (χ1v) is 6.68. The fourth-order valence-corrected chi connectivity index (χ4v) is 1.90. The highest BCUT2D eigenvalue weighted by atomic mass is 16.3. The Balaban J connectivity index is 2.46. The van der Waals surface area contributed by atoms with Crippen LogP contribution in [-0.4, -0.2) is 33.5 Å². The second-order valence-corrected chi connectivity index (χ2v) is 4.96. The molecular weight excluding hydrogens is 244 g/mol. The topological polar surface area (TPSA) is 85.6 Å². The Morgan fingerprint density at radius 3 is 2.74 bits per heavy atom. The van der Waals surface area contributed by atoms with Crippen molar-refractivity contribution in [2.45, 2.75) is 39.8 Å². The van der Waals surface area contributed by atoms with Crippen molar-refractivity contribution in [3.8, 4) is 5.75 Å². The van der Waals surface area contributed by atoms with E-state index < -0.39 is 0 Å². The lowest BCUT2D eigenvalue weighted by Gasteiger charge is -2.13. The van der Waals surface area contributed by atoms with Crippen LogP contribution in [0.5, 0.6) is 5.75 Å². The maximum absolute atomic E-state index is 9.95. The molecule has 1 aromatic heterocycles. The van der Waals surface area contributed by atoms with Crippen molar-refractivity contribution >= 4 is 0 Å². The Morgan fingerprint density at radius 1 is 1.37 bits per heavy atom. The lowest BCUT2D eigenvalue weighted by Crippen LogP contribution is -2.17. The first kappa shape index (κ1) is 15.9. The van der Waals surface area contributed by atoms with Gasteiger partial charge in [-0.05, 0) is 32.2 Å². The van der Waals surface area contributed by atoms with Crippen molar-refractivity contribution in [3.05, 3.63) is 23.0 Å². The molecule has 1 unspecified atom stereocenters. The molecule has 0 radical (unpaired) electrons. The first-order chi connectivity index (χ1) is 9.10. The zero-order valence-corrected chi connectivity index (χ0v) is 11.7. The molecule has 1 atom stereocenters. The summed E-state index contributed by atoms with van der Waals surface area (Å²) in [4.78, 5) is 4.02. The van der Waals surface area contributed by atoms with Gasteiger partial charge in [-0.15, -0.1) is 0 Å². The highest BCUT2D eigenvalue weighted by Crippen LogP contribution is 2.23. The summed E-state index contributed by atoms with van der Waals surface area (Å²) >= 11 is 0. The molecule has 1 rings (SSSR count). The Hall–Kier alpha value is -1.17. The Morgan fingerprint density at radius 2 is 2.11 bits per heavy atom. The molecule has 0 amide bonds. The van der Waals surface area contributed by atoms with Crippen LogP contribution in [-0.2, 0) is 13.2 Å². The molecule has 19 heavy (non-hydrogen) atoms. The van der Waals surface area contributed by atoms with E-state index in [1.54, 1.807) is 13.1 Å². The number of rotatable bonds is 8. The summed E-state index contributed by atoms with van der Waals surface area (Å²) in [5, 5.41) is 31.3. The zero-order chi connectivity index (χ0) is 14.3. The van der Waals surface area contributed by atoms with Crippen LogP contribution in [0.2, 0.25) is 0 Å². The summed E-state index contributed by atoms with van der Waals surface area (Å²) in [6.45, 7) is 5.18. The van der Waals surface area contributed by atoms with Crippen LogP contribution in [0, 0.1) is 12.8 Å². The van der Waals surface area contributed by atoms with E-state index in [1.807, 2.05) is 6.92 Å². The maximum atomic E-state index is 9.95. The number of aryl methyl sites for hydroxylation is 1. The fourth-order valence-electron chi connectivity index (χ4n) is 1.90. The molecule has 0 saturated heterocycles. The molecule has 0 bridgehead atoms. The van der Waals surface area contributed by atoms with E-state index >= 15 is 0 Å². The monoisotopic (exact) mass is 268 g/mol. The van der Waals surface area contributed by atoms with Gasteiger partial charge in [-0.1, -0.05) is 6.92 Å². The van der Waals surface area contributed by atoms with Crippen LogP contribution in [0.25, 0.3) is 0 Å². The van der Waals surface area contributed by atoms with Gasteiger partial charge in [-0.25, -0.2) is 0 Å². The standard InChI is InChI=1S/C14H24N2O3/c1-10(8-17)4-3-5-15-7-13-12(9-18)6-16-11(2)14(13)19/h6,10,15,17-19H,3-5,7-9H2,1-2H3. The molecule has 0 aliphatic carbocycles. The maximum Gasteiger partial charge on any atom is 0.141 e. The summed E-state index contributed by atoms with van der Waals surface area (Å²) in [7, 11) is 0. The van der Waals surface area contributed by atoms with Gasteiger partial charge < -0.3 is 20.6 Å². The van der Waals surface area contributed by atoms with Gasteiger partial charge in [0.1, 0.15) is 5.75 Å². The molecule has 0 saturated carbocycles. The van der Waals surface area contributed by atoms with Gasteiger partial charge in [0.05, 0.1) is 12.3 Å². The zero-order valence-electron chi connectivity index (χ0n) is 11.7. The third-order valence-corrected chi connectivity index (χ3v) is 3.26. The van der Waals surface area contributed by atoms with Crippen molar-refractivity contribution in [3.63, 3.8) is 0 Å². The van der Waals surface area contributed by atoms with Gasteiger partial charge in [0.2, 0.25) is 0 Å². The van der Waals surface area contributed by atoms with Crippen LogP contribution >= 0.6 is 0 Å². The van der Waals surface area contributed by atoms with E-state index in [0.29, 0.717) is 29.3 Å². The number of pyridine rings is 1. The van der Waals surface area contributed by atoms with Crippen LogP contribution < -0.4 is 5.32 Å². The van der Waals surface area contributed by atoms with Crippen molar-refractivity contribution in [1.29, 1.82) is 0 Å². The average molecular weight is 268 g/mol. The normalized spacial score (nSPS) is 12.6. The van der Waals surface area contributed by atoms with Crippen molar-refractivity contribution in [1.82, 2.24) is 10.3 Å². The third kappa shape index (κ3) is 4.78. The Labute approximate surface area is 114 Å². The molecule has 108 valence electrons. The SMILES string of the molecule is Cc1ncc(CO)c(CNCCCC(C)CO)c1O. The second kappa shape index (κ2) is 8.09. The Bertz CT molecular complexity index is 397. The minimum Gasteiger partial charge on any atom is -0.506 e. The number of nitrogens with zero attached hydrogens (tertiary/aromatic N) is 1. The van der Waals surface area contributed by atoms with Gasteiger partial charge in [-0.2, -0.15) is 0 Å². The number of hydrogen-bond donors (Lipinski definition) is 4. The summed E-state index contributed by atoms with van der Waals surface area (Å²) in [5.41, 5.74) is 1.94. The summed E-state index contributed by atoms with van der Waals surface area (Å²) in [6, 6.07) is 0. The smallest absolute Gasteiger partial charge is 0.141 e. The number of aromatic nitrogens is 1. The fraction of sp³-hybridized carbons (Fsp3) is 0.643. The first-order valence-electron chi connectivity index (χ1n) is 6.68. The van der Waals surface area contributed by atoms with Gasteiger partial charge >= 0.3 is 0 Å². The molecule has 0 fully saturated rings. The highest BCUT2D eigenvalue weighted by molar-refractivity contribution is 5.40.